The van der Waals surface area contributed by atoms with Gasteiger partial charge in [-0.3, -0.25) is 4.79 Å². The average Bonchev–Trinajstić information content (AvgIpc) is 2.86. The summed E-state index contributed by atoms with van der Waals surface area (Å²) in [5.41, 5.74) is 0. The average molecular weight is 272 g/mol. The third kappa shape index (κ3) is 3.87. The highest BCUT2D eigenvalue weighted by Gasteiger charge is 2.33. The van der Waals surface area contributed by atoms with Crippen molar-refractivity contribution in [2.45, 2.75) is 25.8 Å². The van der Waals surface area contributed by atoms with Crippen molar-refractivity contribution < 1.29 is 9.53 Å². The van der Waals surface area contributed by atoms with Gasteiger partial charge in [0.25, 0.3) is 0 Å². The minimum atomic E-state index is -0.0112. The van der Waals surface area contributed by atoms with Gasteiger partial charge < -0.3 is 15.4 Å². The van der Waals surface area contributed by atoms with Crippen molar-refractivity contribution in [3.63, 3.8) is 0 Å². The predicted octanol–water partition coefficient (Wildman–Crippen LogP) is 0.870. The number of ether oxygens (including phenoxy) is 1. The highest BCUT2D eigenvalue weighted by molar-refractivity contribution is 7.99. The molecule has 2 atom stereocenters. The first-order chi connectivity index (χ1) is 8.81. The number of amides is 1. The molecule has 5 heteroatoms. The zero-order valence-electron chi connectivity index (χ0n) is 11.1. The Hall–Kier alpha value is -0.260. The standard InChI is InChI=1S/C13H24N2O2S/c1-2-14-12-9-17-8-11(12)13(16)15-7-10-3-5-18-6-4-10/h10-12,14H,2-9H2,1H3,(H,15,16). The highest BCUT2D eigenvalue weighted by atomic mass is 32.2. The van der Waals surface area contributed by atoms with Crippen molar-refractivity contribution in [1.29, 1.82) is 0 Å². The summed E-state index contributed by atoms with van der Waals surface area (Å²) in [5.74, 6) is 3.31. The van der Waals surface area contributed by atoms with Crippen molar-refractivity contribution in [2.24, 2.45) is 11.8 Å². The minimum Gasteiger partial charge on any atom is -0.379 e. The van der Waals surface area contributed by atoms with Crippen molar-refractivity contribution in [1.82, 2.24) is 10.6 Å². The van der Waals surface area contributed by atoms with Crippen LogP contribution in [0.4, 0.5) is 0 Å². The summed E-state index contributed by atoms with van der Waals surface area (Å²) in [6.45, 7) is 5.01. The van der Waals surface area contributed by atoms with Crippen LogP contribution < -0.4 is 10.6 Å². The molecule has 0 radical (unpaired) electrons. The molecule has 0 aromatic rings. The Bertz CT molecular complexity index is 270. The van der Waals surface area contributed by atoms with Crippen molar-refractivity contribution >= 4 is 17.7 Å². The van der Waals surface area contributed by atoms with E-state index in [1.807, 2.05) is 11.8 Å². The molecule has 2 heterocycles. The number of carbonyl (C=O) groups is 1. The van der Waals surface area contributed by atoms with Crippen LogP contribution in [0.3, 0.4) is 0 Å². The summed E-state index contributed by atoms with van der Waals surface area (Å²) < 4.78 is 5.41. The second-order valence-electron chi connectivity index (χ2n) is 5.11. The van der Waals surface area contributed by atoms with Crippen LogP contribution in [0.25, 0.3) is 0 Å². The molecule has 2 unspecified atom stereocenters. The number of hydrogen-bond donors (Lipinski definition) is 2. The number of nitrogens with one attached hydrogen (secondary N) is 2. The van der Waals surface area contributed by atoms with Gasteiger partial charge in [0.15, 0.2) is 0 Å². The summed E-state index contributed by atoms with van der Waals surface area (Å²) in [7, 11) is 0. The monoisotopic (exact) mass is 272 g/mol. The van der Waals surface area contributed by atoms with Gasteiger partial charge in [-0.1, -0.05) is 6.92 Å². The smallest absolute Gasteiger partial charge is 0.227 e. The first kappa shape index (κ1) is 14.2. The normalized spacial score (nSPS) is 29.4. The molecular weight excluding hydrogens is 248 g/mol. The molecule has 2 aliphatic rings. The molecule has 4 nitrogen and oxygen atoms in total. The minimum absolute atomic E-state index is 0.0112. The zero-order chi connectivity index (χ0) is 12.8. The number of likely N-dealkylation sites (N-methyl/N-ethyl adjacent to an activating group) is 1. The van der Waals surface area contributed by atoms with E-state index in [0.717, 1.165) is 13.1 Å². The third-order valence-corrected chi connectivity index (χ3v) is 4.84. The number of hydrogen-bond acceptors (Lipinski definition) is 4. The third-order valence-electron chi connectivity index (χ3n) is 3.79. The Morgan fingerprint density at radius 1 is 1.33 bits per heavy atom. The molecule has 0 aliphatic carbocycles. The highest BCUT2D eigenvalue weighted by Crippen LogP contribution is 2.22. The fourth-order valence-electron chi connectivity index (χ4n) is 2.60. The molecule has 104 valence electrons. The molecule has 0 saturated carbocycles. The van der Waals surface area contributed by atoms with E-state index in [0.29, 0.717) is 19.1 Å². The summed E-state index contributed by atoms with van der Waals surface area (Å²) in [6.07, 6.45) is 2.48. The van der Waals surface area contributed by atoms with Crippen molar-refractivity contribution in [2.75, 3.05) is 37.8 Å². The lowest BCUT2D eigenvalue weighted by Crippen LogP contribution is -2.45. The van der Waals surface area contributed by atoms with Crippen LogP contribution in [0, 0.1) is 11.8 Å². The SMILES string of the molecule is CCNC1COCC1C(=O)NCC1CCSCC1. The molecular formula is C13H24N2O2S. The Kier molecular flexibility index (Phi) is 5.79. The molecule has 2 N–H and O–H groups in total. The predicted molar refractivity (Wildman–Crippen MR) is 74.8 cm³/mol. The number of carbonyl (C=O) groups excluding carboxylic acids is 1. The maximum atomic E-state index is 12.1. The van der Waals surface area contributed by atoms with Gasteiger partial charge in [0.05, 0.1) is 19.1 Å². The van der Waals surface area contributed by atoms with E-state index in [4.69, 9.17) is 4.74 Å². The molecule has 1 amide bonds. The second kappa shape index (κ2) is 7.36. The summed E-state index contributed by atoms with van der Waals surface area (Å²) in [5, 5.41) is 6.44. The molecule has 2 fully saturated rings. The van der Waals surface area contributed by atoms with Gasteiger partial charge in [0.2, 0.25) is 5.91 Å². The van der Waals surface area contributed by atoms with Gasteiger partial charge in [-0.05, 0) is 36.8 Å². The molecule has 0 aromatic heterocycles. The molecule has 2 aliphatic heterocycles. The molecule has 0 bridgehead atoms. The van der Waals surface area contributed by atoms with Gasteiger partial charge in [-0.2, -0.15) is 11.8 Å². The van der Waals surface area contributed by atoms with Gasteiger partial charge in [0.1, 0.15) is 0 Å². The van der Waals surface area contributed by atoms with Crippen LogP contribution >= 0.6 is 11.8 Å². The Morgan fingerprint density at radius 3 is 2.83 bits per heavy atom. The topological polar surface area (TPSA) is 50.4 Å². The van der Waals surface area contributed by atoms with Gasteiger partial charge in [0, 0.05) is 12.6 Å². The van der Waals surface area contributed by atoms with Crippen LogP contribution in [-0.2, 0) is 9.53 Å². The first-order valence-electron chi connectivity index (χ1n) is 6.97. The van der Waals surface area contributed by atoms with Gasteiger partial charge in [-0.25, -0.2) is 0 Å². The second-order valence-corrected chi connectivity index (χ2v) is 6.33. The maximum absolute atomic E-state index is 12.1. The van der Waals surface area contributed by atoms with Crippen LogP contribution in [-0.4, -0.2) is 49.8 Å². The van der Waals surface area contributed by atoms with E-state index in [9.17, 15) is 4.79 Å². The number of thioether (sulfide) groups is 1. The summed E-state index contributed by atoms with van der Waals surface area (Å²) >= 11 is 2.02. The van der Waals surface area contributed by atoms with E-state index < -0.39 is 0 Å². The largest absolute Gasteiger partial charge is 0.379 e. The molecule has 0 aromatic carbocycles. The van der Waals surface area contributed by atoms with E-state index in [2.05, 4.69) is 17.6 Å². The fraction of sp³-hybridized carbons (Fsp3) is 0.923. The lowest BCUT2D eigenvalue weighted by Gasteiger charge is -2.23. The van der Waals surface area contributed by atoms with Gasteiger partial charge >= 0.3 is 0 Å². The lowest BCUT2D eigenvalue weighted by atomic mass is 10.0. The Labute approximate surface area is 114 Å². The van der Waals surface area contributed by atoms with Crippen LogP contribution in [0.2, 0.25) is 0 Å². The van der Waals surface area contributed by atoms with Crippen LogP contribution in [0.15, 0.2) is 0 Å². The molecule has 2 saturated heterocycles. The summed E-state index contributed by atoms with van der Waals surface area (Å²) in [6, 6.07) is 0.192. The van der Waals surface area contributed by atoms with Crippen molar-refractivity contribution in [3.05, 3.63) is 0 Å². The molecule has 18 heavy (non-hydrogen) atoms. The van der Waals surface area contributed by atoms with Crippen LogP contribution in [0.5, 0.6) is 0 Å². The van der Waals surface area contributed by atoms with E-state index in [1.165, 1.54) is 24.3 Å². The molecule has 0 spiro atoms. The fourth-order valence-corrected chi connectivity index (χ4v) is 3.81. The molecule has 2 rings (SSSR count). The quantitative estimate of drug-likeness (QED) is 0.780. The van der Waals surface area contributed by atoms with Crippen LogP contribution in [0.1, 0.15) is 19.8 Å². The van der Waals surface area contributed by atoms with Crippen molar-refractivity contribution in [3.8, 4) is 0 Å². The number of rotatable bonds is 5. The van der Waals surface area contributed by atoms with E-state index in [-0.39, 0.29) is 17.9 Å². The van der Waals surface area contributed by atoms with Gasteiger partial charge in [-0.15, -0.1) is 0 Å². The maximum Gasteiger partial charge on any atom is 0.227 e. The van der Waals surface area contributed by atoms with E-state index in [1.54, 1.807) is 0 Å². The first-order valence-corrected chi connectivity index (χ1v) is 8.13. The lowest BCUT2D eigenvalue weighted by molar-refractivity contribution is -0.125. The summed E-state index contributed by atoms with van der Waals surface area (Å²) in [4.78, 5) is 12.1. The Balaban J connectivity index is 1.73. The zero-order valence-corrected chi connectivity index (χ0v) is 11.9. The van der Waals surface area contributed by atoms with E-state index >= 15 is 0 Å². The Morgan fingerprint density at radius 2 is 2.11 bits per heavy atom.